The zero-order valence-electron chi connectivity index (χ0n) is 14.5. The Kier molecular flexibility index (Phi) is 6.23. The molecule has 1 amide bonds. The maximum atomic E-state index is 12.3. The Bertz CT molecular complexity index is 582. The van der Waals surface area contributed by atoms with Gasteiger partial charge in [0, 0.05) is 13.0 Å². The van der Waals surface area contributed by atoms with E-state index in [4.69, 9.17) is 9.84 Å². The highest BCUT2D eigenvalue weighted by atomic mass is 16.5. The van der Waals surface area contributed by atoms with Gasteiger partial charge >= 0.3 is 5.97 Å². The highest BCUT2D eigenvalue weighted by Gasteiger charge is 2.33. The largest absolute Gasteiger partial charge is 0.482 e. The van der Waals surface area contributed by atoms with Gasteiger partial charge in [-0.25, -0.2) is 4.79 Å². The van der Waals surface area contributed by atoms with E-state index in [1.54, 1.807) is 18.2 Å². The van der Waals surface area contributed by atoms with E-state index in [9.17, 15) is 9.59 Å². The maximum Gasteiger partial charge on any atom is 0.341 e. The monoisotopic (exact) mass is 333 g/mol. The van der Waals surface area contributed by atoms with Crippen molar-refractivity contribution in [3.8, 4) is 5.75 Å². The van der Waals surface area contributed by atoms with Crippen LogP contribution in [0, 0.1) is 11.3 Å². The molecule has 5 heteroatoms. The predicted octanol–water partition coefficient (Wildman–Crippen LogP) is 3.37. The first-order valence-electron chi connectivity index (χ1n) is 8.57. The second-order valence-corrected chi connectivity index (χ2v) is 7.24. The molecule has 0 radical (unpaired) electrons. The van der Waals surface area contributed by atoms with Gasteiger partial charge in [-0.3, -0.25) is 4.79 Å². The molecule has 2 N–H and O–H groups in total. The van der Waals surface area contributed by atoms with Gasteiger partial charge in [-0.05, 0) is 41.9 Å². The number of ether oxygens (including phenoxy) is 1. The van der Waals surface area contributed by atoms with Gasteiger partial charge in [0.15, 0.2) is 6.61 Å². The number of benzene rings is 1. The third-order valence-corrected chi connectivity index (χ3v) is 4.91. The van der Waals surface area contributed by atoms with E-state index in [1.807, 2.05) is 6.07 Å². The van der Waals surface area contributed by atoms with Gasteiger partial charge in [-0.15, -0.1) is 0 Å². The minimum Gasteiger partial charge on any atom is -0.482 e. The number of amides is 1. The van der Waals surface area contributed by atoms with Crippen LogP contribution in [0.1, 0.15) is 51.5 Å². The van der Waals surface area contributed by atoms with Crippen LogP contribution in [0.5, 0.6) is 5.75 Å². The minimum atomic E-state index is -1.01. The lowest BCUT2D eigenvalue weighted by Crippen LogP contribution is -2.33. The number of hydrogen-bond donors (Lipinski definition) is 2. The maximum absolute atomic E-state index is 12.3. The van der Waals surface area contributed by atoms with Crippen LogP contribution in [0.25, 0.3) is 0 Å². The summed E-state index contributed by atoms with van der Waals surface area (Å²) in [6.45, 7) is 4.57. The normalized spacial score (nSPS) is 19.5. The van der Waals surface area contributed by atoms with Crippen molar-refractivity contribution in [3.05, 3.63) is 29.8 Å². The van der Waals surface area contributed by atoms with Crippen molar-refractivity contribution in [2.45, 2.75) is 52.5 Å². The average molecular weight is 333 g/mol. The van der Waals surface area contributed by atoms with Crippen LogP contribution in [0.4, 0.5) is 0 Å². The summed E-state index contributed by atoms with van der Waals surface area (Å²) in [6, 6.07) is 7.15. The molecule has 0 spiro atoms. The molecule has 1 aromatic carbocycles. The van der Waals surface area contributed by atoms with Gasteiger partial charge in [-0.1, -0.05) is 38.8 Å². The van der Waals surface area contributed by atoms with E-state index in [0.29, 0.717) is 24.6 Å². The lowest BCUT2D eigenvalue weighted by molar-refractivity contribution is -0.139. The molecule has 1 atom stereocenters. The summed E-state index contributed by atoms with van der Waals surface area (Å²) < 4.78 is 5.15. The number of carboxylic acids is 1. The summed E-state index contributed by atoms with van der Waals surface area (Å²) in [5.74, 6) is 0.00434. The first-order chi connectivity index (χ1) is 11.4. The van der Waals surface area contributed by atoms with Crippen molar-refractivity contribution < 1.29 is 19.4 Å². The average Bonchev–Trinajstić information content (AvgIpc) is 2.53. The Hall–Kier alpha value is -2.04. The second kappa shape index (κ2) is 8.18. The molecule has 0 aliphatic heterocycles. The van der Waals surface area contributed by atoms with Crippen LogP contribution in [0.2, 0.25) is 0 Å². The summed E-state index contributed by atoms with van der Waals surface area (Å²) in [7, 11) is 0. The molecule has 0 aromatic heterocycles. The van der Waals surface area contributed by atoms with Crippen molar-refractivity contribution in [3.63, 3.8) is 0 Å². The molecule has 1 unspecified atom stereocenters. The number of hydrogen-bond acceptors (Lipinski definition) is 3. The molecule has 1 aromatic rings. The fourth-order valence-corrected chi connectivity index (χ4v) is 3.33. The lowest BCUT2D eigenvalue weighted by atomic mass is 9.67. The molecule has 1 aliphatic carbocycles. The zero-order chi connectivity index (χ0) is 17.6. The SMILES string of the molecule is CC1(C)CCCCC1CC(=O)NCc1cccc(OCC(=O)O)c1. The fraction of sp³-hybridized carbons (Fsp3) is 0.579. The highest BCUT2D eigenvalue weighted by Crippen LogP contribution is 2.42. The molecule has 2 rings (SSSR count). The van der Waals surface area contributed by atoms with E-state index >= 15 is 0 Å². The molecule has 0 bridgehead atoms. The highest BCUT2D eigenvalue weighted by molar-refractivity contribution is 5.76. The number of carbonyl (C=O) groups is 2. The van der Waals surface area contributed by atoms with Crippen LogP contribution in [0.3, 0.4) is 0 Å². The second-order valence-electron chi connectivity index (χ2n) is 7.24. The zero-order valence-corrected chi connectivity index (χ0v) is 14.5. The molecule has 24 heavy (non-hydrogen) atoms. The van der Waals surface area contributed by atoms with Crippen molar-refractivity contribution >= 4 is 11.9 Å². The van der Waals surface area contributed by atoms with Crippen LogP contribution in [-0.4, -0.2) is 23.6 Å². The van der Waals surface area contributed by atoms with Gasteiger partial charge in [0.25, 0.3) is 0 Å². The molecule has 1 fully saturated rings. The summed E-state index contributed by atoms with van der Waals surface area (Å²) in [4.78, 5) is 22.8. The van der Waals surface area contributed by atoms with Crippen LogP contribution in [0.15, 0.2) is 24.3 Å². The summed E-state index contributed by atoms with van der Waals surface area (Å²) >= 11 is 0. The summed E-state index contributed by atoms with van der Waals surface area (Å²) in [6.07, 6.45) is 5.35. The first kappa shape index (κ1) is 18.3. The quantitative estimate of drug-likeness (QED) is 0.802. The number of aliphatic carboxylic acids is 1. The Morgan fingerprint density at radius 1 is 1.33 bits per heavy atom. The van der Waals surface area contributed by atoms with Crippen LogP contribution in [-0.2, 0) is 16.1 Å². The van der Waals surface area contributed by atoms with Gasteiger partial charge in [0.2, 0.25) is 5.91 Å². The molecule has 1 saturated carbocycles. The number of carbonyl (C=O) groups excluding carboxylic acids is 1. The van der Waals surface area contributed by atoms with Crippen molar-refractivity contribution in [2.75, 3.05) is 6.61 Å². The summed E-state index contributed by atoms with van der Waals surface area (Å²) in [5.41, 5.74) is 1.13. The number of rotatable bonds is 7. The molecule has 0 heterocycles. The number of carboxylic acid groups (broad SMARTS) is 1. The van der Waals surface area contributed by atoms with Crippen molar-refractivity contribution in [1.82, 2.24) is 5.32 Å². The van der Waals surface area contributed by atoms with E-state index < -0.39 is 5.97 Å². The summed E-state index contributed by atoms with van der Waals surface area (Å²) in [5, 5.41) is 11.6. The van der Waals surface area contributed by atoms with Crippen molar-refractivity contribution in [1.29, 1.82) is 0 Å². The molecule has 5 nitrogen and oxygen atoms in total. The molecule has 0 saturated heterocycles. The Morgan fingerprint density at radius 3 is 2.83 bits per heavy atom. The minimum absolute atomic E-state index is 0.0758. The standard InChI is InChI=1S/C19H27NO4/c1-19(2)9-4-3-7-15(19)11-17(21)20-12-14-6-5-8-16(10-14)24-13-18(22)23/h5-6,8,10,15H,3-4,7,9,11-13H2,1-2H3,(H,20,21)(H,22,23). The molecular weight excluding hydrogens is 306 g/mol. The Morgan fingerprint density at radius 2 is 2.12 bits per heavy atom. The van der Waals surface area contributed by atoms with Gasteiger partial charge < -0.3 is 15.2 Å². The van der Waals surface area contributed by atoms with Gasteiger partial charge in [0.05, 0.1) is 0 Å². The smallest absolute Gasteiger partial charge is 0.341 e. The van der Waals surface area contributed by atoms with Crippen molar-refractivity contribution in [2.24, 2.45) is 11.3 Å². The van der Waals surface area contributed by atoms with Gasteiger partial charge in [-0.2, -0.15) is 0 Å². The Balaban J connectivity index is 1.83. The van der Waals surface area contributed by atoms with E-state index in [2.05, 4.69) is 19.2 Å². The van der Waals surface area contributed by atoms with Gasteiger partial charge in [0.1, 0.15) is 5.75 Å². The molecule has 132 valence electrons. The molecular formula is C19H27NO4. The van der Waals surface area contributed by atoms with Crippen LogP contribution < -0.4 is 10.1 Å². The van der Waals surface area contributed by atoms with E-state index in [1.165, 1.54) is 19.3 Å². The topological polar surface area (TPSA) is 75.6 Å². The van der Waals surface area contributed by atoms with E-state index in [0.717, 1.165) is 12.0 Å². The Labute approximate surface area is 143 Å². The third kappa shape index (κ3) is 5.55. The fourth-order valence-electron chi connectivity index (χ4n) is 3.33. The predicted molar refractivity (Wildman–Crippen MR) is 91.8 cm³/mol. The van der Waals surface area contributed by atoms with E-state index in [-0.39, 0.29) is 17.9 Å². The molecule has 1 aliphatic rings. The van der Waals surface area contributed by atoms with Crippen LogP contribution >= 0.6 is 0 Å². The first-order valence-corrected chi connectivity index (χ1v) is 8.57. The third-order valence-electron chi connectivity index (χ3n) is 4.91. The lowest BCUT2D eigenvalue weighted by Gasteiger charge is -2.38. The number of nitrogens with one attached hydrogen (secondary N) is 1.